The summed E-state index contributed by atoms with van der Waals surface area (Å²) in [5.74, 6) is -3.64. The van der Waals surface area contributed by atoms with Gasteiger partial charge < -0.3 is 109 Å². The second kappa shape index (κ2) is 36.7. The highest BCUT2D eigenvalue weighted by atomic mass is 31.2. The zero-order valence-corrected chi connectivity index (χ0v) is 47.9. The fourth-order valence-corrected chi connectivity index (χ4v) is 9.87. The van der Waals surface area contributed by atoms with Crippen molar-refractivity contribution in [1.29, 1.82) is 0 Å². The highest BCUT2D eigenvalue weighted by Gasteiger charge is 2.45. The highest BCUT2D eigenvalue weighted by Crippen LogP contribution is 2.44. The van der Waals surface area contributed by atoms with Crippen molar-refractivity contribution < 1.29 is 136 Å². The van der Waals surface area contributed by atoms with E-state index in [2.05, 4.69) is 0 Å². The molecule has 80 heavy (non-hydrogen) atoms. The van der Waals surface area contributed by atoms with Crippen molar-refractivity contribution in [3.8, 4) is 0 Å². The fourth-order valence-electron chi connectivity index (χ4n) is 8.49. The molecule has 0 bridgehead atoms. The number of carbonyl (C=O) groups is 3. The molecule has 9 unspecified atom stereocenters. The van der Waals surface area contributed by atoms with Gasteiger partial charge in [0.25, 0.3) is 0 Å². The molecule has 470 valence electrons. The van der Waals surface area contributed by atoms with Crippen LogP contribution in [-0.4, -0.2) is 285 Å². The lowest BCUT2D eigenvalue weighted by Gasteiger charge is -2.40. The molecule has 3 fully saturated rings. The van der Waals surface area contributed by atoms with Crippen LogP contribution < -0.4 is 0 Å². The van der Waals surface area contributed by atoms with Crippen molar-refractivity contribution in [2.24, 2.45) is 17.8 Å². The number of hydrogen-bond acceptors (Lipinski definition) is 26. The molecule has 0 aliphatic carbocycles. The molecule has 3 aliphatic rings. The van der Waals surface area contributed by atoms with E-state index in [0.717, 1.165) is 9.80 Å². The zero-order valence-electron chi connectivity index (χ0n) is 46.1. The molecule has 0 radical (unpaired) electrons. The standard InChI is InChI=1S/C47H89N3O28P2/c1-29(2)68-21-13-50(38(57)11-8-20-71-47-32(5)41(60)44(63)35(27-54)78-47)28-75-80(66,67)74-24-16-49(37(56)10-7-19-70-46-31(4)40(59)43(62)34(26-53)77-46)15-23-73-79(64,65)72-22-14-48(12-17-51)36(55)9-6-18-69-45-30(3)39(58)42(61)33(25-52)76-45/h29-35,39-47,51-54,58-63H,6-28H2,1-5H3,(H,64,65)(H,66,67)/t30?,31?,32?,33?,34?,35?,39-,40-,41-,42+,43+,44?,45-,46-,47-/m1/s1. The lowest BCUT2D eigenvalue weighted by molar-refractivity contribution is -0.282. The first-order valence-electron chi connectivity index (χ1n) is 26.8. The van der Waals surface area contributed by atoms with Crippen molar-refractivity contribution >= 4 is 33.4 Å². The first-order chi connectivity index (χ1) is 37.8. The first kappa shape index (κ1) is 72.2. The van der Waals surface area contributed by atoms with Crippen LogP contribution in [0.15, 0.2) is 0 Å². The van der Waals surface area contributed by atoms with Crippen LogP contribution in [0.1, 0.15) is 73.1 Å². The summed E-state index contributed by atoms with van der Waals surface area (Å²) in [5, 5.41) is 99.4. The molecular weight excluding hydrogens is 1120 g/mol. The second-order valence-corrected chi connectivity index (χ2v) is 22.8. The van der Waals surface area contributed by atoms with Gasteiger partial charge in [-0.05, 0) is 33.1 Å². The minimum absolute atomic E-state index is 0.0164. The summed E-state index contributed by atoms with van der Waals surface area (Å²) in [5.41, 5.74) is 0. The molecular formula is C47H89N3O28P2. The number of phosphoric ester groups is 2. The third kappa shape index (κ3) is 24.1. The van der Waals surface area contributed by atoms with Gasteiger partial charge in [0.15, 0.2) is 18.9 Å². The Morgan fingerprint density at radius 3 is 1.10 bits per heavy atom. The number of carbonyl (C=O) groups excluding carboxylic acids is 3. The maximum Gasteiger partial charge on any atom is 0.473 e. The topological polar surface area (TPSA) is 439 Å². The van der Waals surface area contributed by atoms with Gasteiger partial charge in [-0.25, -0.2) is 9.13 Å². The van der Waals surface area contributed by atoms with Crippen LogP contribution in [0.4, 0.5) is 0 Å². The maximum absolute atomic E-state index is 13.6. The largest absolute Gasteiger partial charge is 0.473 e. The predicted molar refractivity (Wildman–Crippen MR) is 273 cm³/mol. The molecule has 3 rings (SSSR count). The van der Waals surface area contributed by atoms with Crippen LogP contribution in [0.3, 0.4) is 0 Å². The number of ether oxygens (including phenoxy) is 7. The third-order valence-electron chi connectivity index (χ3n) is 13.5. The van der Waals surface area contributed by atoms with Crippen molar-refractivity contribution in [3.05, 3.63) is 0 Å². The summed E-state index contributed by atoms with van der Waals surface area (Å²) in [6.45, 7) is 2.11. The molecule has 3 saturated heterocycles. The summed E-state index contributed by atoms with van der Waals surface area (Å²) in [6.07, 6.45) is -14.4. The molecule has 3 aliphatic heterocycles. The third-order valence-corrected chi connectivity index (χ3v) is 15.4. The van der Waals surface area contributed by atoms with Gasteiger partial charge in [0.1, 0.15) is 43.4 Å². The smallest absolute Gasteiger partial charge is 0.395 e. The Kier molecular flexibility index (Phi) is 33.1. The summed E-state index contributed by atoms with van der Waals surface area (Å²) in [6, 6.07) is 0. The molecule has 17 atom stereocenters. The first-order valence-corrected chi connectivity index (χ1v) is 29.8. The van der Waals surface area contributed by atoms with Crippen LogP contribution in [0.2, 0.25) is 0 Å². The highest BCUT2D eigenvalue weighted by molar-refractivity contribution is 7.47. The van der Waals surface area contributed by atoms with Crippen molar-refractivity contribution in [2.75, 3.05) is 112 Å². The van der Waals surface area contributed by atoms with E-state index in [1.54, 1.807) is 34.6 Å². The van der Waals surface area contributed by atoms with E-state index in [1.807, 2.05) is 0 Å². The number of phosphoric acid groups is 2. The van der Waals surface area contributed by atoms with E-state index >= 15 is 0 Å². The number of rotatable bonds is 39. The Labute approximate surface area is 465 Å². The van der Waals surface area contributed by atoms with Crippen LogP contribution in [0.5, 0.6) is 0 Å². The predicted octanol–water partition coefficient (Wildman–Crippen LogP) is -3.27. The maximum atomic E-state index is 13.6. The Balaban J connectivity index is 1.57. The Hall–Kier alpha value is -2.05. The summed E-state index contributed by atoms with van der Waals surface area (Å²) in [4.78, 5) is 64.4. The molecule has 0 aromatic heterocycles. The molecule has 12 N–H and O–H groups in total. The molecule has 3 heterocycles. The van der Waals surface area contributed by atoms with Gasteiger partial charge in [-0.15, -0.1) is 0 Å². The summed E-state index contributed by atoms with van der Waals surface area (Å²) in [7, 11) is -9.83. The van der Waals surface area contributed by atoms with E-state index in [-0.39, 0.29) is 90.7 Å². The monoisotopic (exact) mass is 1210 g/mol. The van der Waals surface area contributed by atoms with Crippen LogP contribution in [0.25, 0.3) is 0 Å². The zero-order chi connectivity index (χ0) is 59.7. The Morgan fingerprint density at radius 1 is 0.463 bits per heavy atom. The van der Waals surface area contributed by atoms with E-state index < -0.39 is 191 Å². The van der Waals surface area contributed by atoms with Gasteiger partial charge in [0, 0.05) is 69.7 Å². The normalized spacial score (nSPS) is 30.6. The SMILES string of the molecule is CC(C)OCCN(COP(=O)(O)OCCN(CCOP(=O)(O)OCCN(CCO)C(=O)CCCO[C@@H]1OC(CO)[C@H](O)[C@H](O)C1C)C(=O)CCCO[C@@H]1OC(CO)[C@H](O)[C@H](O)C1C)C(=O)CCCO[C@@H]1OC(CO)C(O)[C@H](O)C1C. The number of aliphatic hydroxyl groups excluding tert-OH is 10. The Bertz CT molecular complexity index is 1880. The van der Waals surface area contributed by atoms with Gasteiger partial charge in [-0.1, -0.05) is 20.8 Å². The molecule has 33 heteroatoms. The van der Waals surface area contributed by atoms with Crippen LogP contribution in [-0.2, 0) is 74.8 Å². The van der Waals surface area contributed by atoms with Gasteiger partial charge in [0.2, 0.25) is 17.7 Å². The summed E-state index contributed by atoms with van der Waals surface area (Å²) < 4.78 is 85.9. The minimum atomic E-state index is -4.96. The van der Waals surface area contributed by atoms with Gasteiger partial charge in [-0.2, -0.15) is 0 Å². The van der Waals surface area contributed by atoms with Gasteiger partial charge in [-0.3, -0.25) is 32.5 Å². The number of nitrogens with zero attached hydrogens (tertiary/aromatic N) is 3. The second-order valence-electron chi connectivity index (χ2n) is 19.9. The summed E-state index contributed by atoms with van der Waals surface area (Å²) >= 11 is 0. The molecule has 0 aromatic carbocycles. The lowest BCUT2D eigenvalue weighted by atomic mass is 9.92. The number of hydrogen-bond donors (Lipinski definition) is 12. The van der Waals surface area contributed by atoms with Gasteiger partial charge in [0.05, 0.1) is 97.1 Å². The molecule has 0 saturated carbocycles. The lowest BCUT2D eigenvalue weighted by Crippen LogP contribution is -2.55. The van der Waals surface area contributed by atoms with E-state index in [9.17, 15) is 84.4 Å². The average molecular weight is 1210 g/mol. The number of aliphatic hydroxyl groups is 10. The molecule has 31 nitrogen and oxygen atoms in total. The molecule has 0 spiro atoms. The van der Waals surface area contributed by atoms with Crippen LogP contribution >= 0.6 is 15.6 Å². The quantitative estimate of drug-likeness (QED) is 0.0163. The minimum Gasteiger partial charge on any atom is -0.395 e. The molecule has 3 amide bonds. The van der Waals surface area contributed by atoms with Gasteiger partial charge >= 0.3 is 15.6 Å². The fraction of sp³-hybridized carbons (Fsp3) is 0.936. The van der Waals surface area contributed by atoms with Crippen molar-refractivity contribution in [2.45, 2.75) is 153 Å². The van der Waals surface area contributed by atoms with E-state index in [4.69, 9.17) is 51.3 Å². The number of amides is 3. The van der Waals surface area contributed by atoms with E-state index in [1.165, 1.54) is 4.90 Å². The average Bonchev–Trinajstić information content (AvgIpc) is 3.41. The molecule has 0 aromatic rings. The van der Waals surface area contributed by atoms with Crippen molar-refractivity contribution in [1.82, 2.24) is 14.7 Å². The Morgan fingerprint density at radius 2 is 0.775 bits per heavy atom. The van der Waals surface area contributed by atoms with E-state index in [0.29, 0.717) is 0 Å². The van der Waals surface area contributed by atoms with Crippen molar-refractivity contribution in [3.63, 3.8) is 0 Å². The van der Waals surface area contributed by atoms with Crippen LogP contribution in [0, 0.1) is 17.8 Å².